The average molecular weight is 289 g/mol. The molecule has 0 heterocycles. The second-order valence-electron chi connectivity index (χ2n) is 5.02. The Hall–Kier alpha value is -1.67. The van der Waals surface area contributed by atoms with E-state index in [0.717, 1.165) is 18.2 Å². The first-order chi connectivity index (χ1) is 8.49. The molecule has 0 bridgehead atoms. The Labute approximate surface area is 111 Å². The SMILES string of the molecule is CC(C)(C)NC(=O)Nc1cc(S(N)(=O)=O)ccc1F. The van der Waals surface area contributed by atoms with Crippen LogP contribution in [0.1, 0.15) is 20.8 Å². The molecule has 6 nitrogen and oxygen atoms in total. The lowest BCUT2D eigenvalue weighted by atomic mass is 10.1. The van der Waals surface area contributed by atoms with Gasteiger partial charge >= 0.3 is 6.03 Å². The molecule has 0 aliphatic rings. The highest BCUT2D eigenvalue weighted by Crippen LogP contribution is 2.18. The summed E-state index contributed by atoms with van der Waals surface area (Å²) in [7, 11) is -3.95. The van der Waals surface area contributed by atoms with Gasteiger partial charge in [0, 0.05) is 5.54 Å². The van der Waals surface area contributed by atoms with Crippen LogP contribution in [0.25, 0.3) is 0 Å². The molecule has 1 aromatic carbocycles. The molecular weight excluding hydrogens is 273 g/mol. The van der Waals surface area contributed by atoms with Crippen molar-refractivity contribution in [1.82, 2.24) is 5.32 Å². The first-order valence-electron chi connectivity index (χ1n) is 5.40. The number of benzene rings is 1. The highest BCUT2D eigenvalue weighted by atomic mass is 32.2. The first kappa shape index (κ1) is 15.4. The predicted octanol–water partition coefficient (Wildman–Crippen LogP) is 1.39. The first-order valence-corrected chi connectivity index (χ1v) is 6.95. The molecule has 1 aromatic rings. The Kier molecular flexibility index (Phi) is 4.16. The fourth-order valence-corrected chi connectivity index (χ4v) is 1.81. The van der Waals surface area contributed by atoms with Gasteiger partial charge in [-0.3, -0.25) is 0 Å². The molecule has 0 aliphatic heterocycles. The Bertz CT molecular complexity index is 594. The molecule has 0 aliphatic carbocycles. The summed E-state index contributed by atoms with van der Waals surface area (Å²) in [6, 6.07) is 2.27. The topological polar surface area (TPSA) is 101 Å². The number of urea groups is 1. The van der Waals surface area contributed by atoms with E-state index in [1.165, 1.54) is 0 Å². The molecule has 4 N–H and O–H groups in total. The Morgan fingerprint density at radius 1 is 1.32 bits per heavy atom. The fraction of sp³-hybridized carbons (Fsp3) is 0.364. The summed E-state index contributed by atoms with van der Waals surface area (Å²) in [6.07, 6.45) is 0. The number of hydrogen-bond acceptors (Lipinski definition) is 3. The molecule has 0 atom stereocenters. The largest absolute Gasteiger partial charge is 0.333 e. The molecule has 2 amide bonds. The van der Waals surface area contributed by atoms with Crippen molar-refractivity contribution >= 4 is 21.7 Å². The molecular formula is C11H16FN3O3S. The van der Waals surface area contributed by atoms with Crippen LogP contribution in [0, 0.1) is 5.82 Å². The van der Waals surface area contributed by atoms with Gasteiger partial charge in [-0.2, -0.15) is 0 Å². The van der Waals surface area contributed by atoms with Crippen LogP contribution < -0.4 is 15.8 Å². The number of anilines is 1. The third-order valence-electron chi connectivity index (χ3n) is 2.00. The number of carbonyl (C=O) groups excluding carboxylic acids is 1. The maximum absolute atomic E-state index is 13.5. The average Bonchev–Trinajstić information content (AvgIpc) is 2.16. The zero-order chi connectivity index (χ0) is 14.8. The number of hydrogen-bond donors (Lipinski definition) is 3. The minimum absolute atomic E-state index is 0.256. The van der Waals surface area contributed by atoms with Gasteiger partial charge in [-0.15, -0.1) is 0 Å². The van der Waals surface area contributed by atoms with Crippen LogP contribution in [0.4, 0.5) is 14.9 Å². The van der Waals surface area contributed by atoms with Gasteiger partial charge in [0.15, 0.2) is 0 Å². The molecule has 19 heavy (non-hydrogen) atoms. The minimum Gasteiger partial charge on any atom is -0.333 e. The van der Waals surface area contributed by atoms with Gasteiger partial charge in [0.05, 0.1) is 10.6 Å². The lowest BCUT2D eigenvalue weighted by Gasteiger charge is -2.21. The molecule has 1 rings (SSSR count). The Morgan fingerprint density at radius 3 is 2.37 bits per heavy atom. The van der Waals surface area contributed by atoms with Crippen molar-refractivity contribution in [2.24, 2.45) is 5.14 Å². The minimum atomic E-state index is -3.95. The van der Waals surface area contributed by atoms with Gasteiger partial charge in [-0.05, 0) is 39.0 Å². The monoisotopic (exact) mass is 289 g/mol. The number of halogens is 1. The number of rotatable bonds is 2. The van der Waals surface area contributed by atoms with Crippen molar-refractivity contribution in [2.45, 2.75) is 31.2 Å². The Balaban J connectivity index is 2.99. The third-order valence-corrected chi connectivity index (χ3v) is 2.91. The number of nitrogens with one attached hydrogen (secondary N) is 2. The van der Waals surface area contributed by atoms with Gasteiger partial charge in [0.1, 0.15) is 5.82 Å². The van der Waals surface area contributed by atoms with Gasteiger partial charge in [-0.1, -0.05) is 0 Å². The van der Waals surface area contributed by atoms with Crippen molar-refractivity contribution in [3.8, 4) is 0 Å². The maximum atomic E-state index is 13.5. The Morgan fingerprint density at radius 2 is 1.89 bits per heavy atom. The van der Waals surface area contributed by atoms with Crippen molar-refractivity contribution in [3.05, 3.63) is 24.0 Å². The van der Waals surface area contributed by atoms with Crippen LogP contribution in [-0.4, -0.2) is 20.0 Å². The molecule has 0 aromatic heterocycles. The van der Waals surface area contributed by atoms with E-state index in [0.29, 0.717) is 0 Å². The molecule has 0 fully saturated rings. The van der Waals surface area contributed by atoms with E-state index in [9.17, 15) is 17.6 Å². The zero-order valence-corrected chi connectivity index (χ0v) is 11.6. The number of nitrogens with two attached hydrogens (primary N) is 1. The van der Waals surface area contributed by atoms with E-state index in [2.05, 4.69) is 10.6 Å². The number of primary sulfonamides is 1. The number of carbonyl (C=O) groups is 1. The predicted molar refractivity (Wildman–Crippen MR) is 69.7 cm³/mol. The maximum Gasteiger partial charge on any atom is 0.319 e. The van der Waals surface area contributed by atoms with E-state index in [1.807, 2.05) is 0 Å². The number of amides is 2. The highest BCUT2D eigenvalue weighted by molar-refractivity contribution is 7.89. The summed E-state index contributed by atoms with van der Waals surface area (Å²) in [6.45, 7) is 5.26. The summed E-state index contributed by atoms with van der Waals surface area (Å²) >= 11 is 0. The number of sulfonamides is 1. The summed E-state index contributed by atoms with van der Waals surface area (Å²) in [5.74, 6) is -0.753. The molecule has 0 radical (unpaired) electrons. The highest BCUT2D eigenvalue weighted by Gasteiger charge is 2.16. The molecule has 0 saturated heterocycles. The zero-order valence-electron chi connectivity index (χ0n) is 10.8. The van der Waals surface area contributed by atoms with Gasteiger partial charge in [0.25, 0.3) is 0 Å². The fourth-order valence-electron chi connectivity index (χ4n) is 1.27. The lowest BCUT2D eigenvalue weighted by Crippen LogP contribution is -2.43. The summed E-state index contributed by atoms with van der Waals surface area (Å²) in [4.78, 5) is 11.3. The normalized spacial score (nSPS) is 12.1. The van der Waals surface area contributed by atoms with Crippen LogP contribution in [0.2, 0.25) is 0 Å². The van der Waals surface area contributed by atoms with Crippen molar-refractivity contribution < 1.29 is 17.6 Å². The third kappa shape index (κ3) is 4.84. The molecule has 106 valence electrons. The van der Waals surface area contributed by atoms with E-state index < -0.39 is 27.4 Å². The van der Waals surface area contributed by atoms with Crippen LogP contribution >= 0.6 is 0 Å². The molecule has 0 saturated carbocycles. The van der Waals surface area contributed by atoms with Gasteiger partial charge in [0.2, 0.25) is 10.0 Å². The summed E-state index contributed by atoms with van der Waals surface area (Å²) < 4.78 is 35.7. The second-order valence-corrected chi connectivity index (χ2v) is 6.58. The standard InChI is InChI=1S/C11H16FN3O3S/c1-11(2,3)15-10(16)14-9-6-7(19(13,17)18)4-5-8(9)12/h4-6H,1-3H3,(H2,13,17,18)(H2,14,15,16). The van der Waals surface area contributed by atoms with E-state index in [-0.39, 0.29) is 10.6 Å². The molecule has 0 spiro atoms. The summed E-state index contributed by atoms with van der Waals surface area (Å²) in [5, 5.41) is 9.72. The molecule has 8 heteroatoms. The smallest absolute Gasteiger partial charge is 0.319 e. The van der Waals surface area contributed by atoms with E-state index in [1.54, 1.807) is 20.8 Å². The van der Waals surface area contributed by atoms with Crippen molar-refractivity contribution in [3.63, 3.8) is 0 Å². The van der Waals surface area contributed by atoms with Crippen molar-refractivity contribution in [1.29, 1.82) is 0 Å². The molecule has 0 unspecified atom stereocenters. The van der Waals surface area contributed by atoms with E-state index in [4.69, 9.17) is 5.14 Å². The lowest BCUT2D eigenvalue weighted by molar-refractivity contribution is 0.243. The quantitative estimate of drug-likeness (QED) is 0.766. The second kappa shape index (κ2) is 5.14. The summed E-state index contributed by atoms with van der Waals surface area (Å²) in [5.41, 5.74) is -0.758. The van der Waals surface area contributed by atoms with Crippen molar-refractivity contribution in [2.75, 3.05) is 5.32 Å². The van der Waals surface area contributed by atoms with Crippen LogP contribution in [0.5, 0.6) is 0 Å². The van der Waals surface area contributed by atoms with Gasteiger partial charge < -0.3 is 10.6 Å². The van der Waals surface area contributed by atoms with Crippen LogP contribution in [-0.2, 0) is 10.0 Å². The van der Waals surface area contributed by atoms with E-state index >= 15 is 0 Å². The van der Waals surface area contributed by atoms with Crippen LogP contribution in [0.3, 0.4) is 0 Å². The van der Waals surface area contributed by atoms with Crippen LogP contribution in [0.15, 0.2) is 23.1 Å². The van der Waals surface area contributed by atoms with Gasteiger partial charge in [-0.25, -0.2) is 22.7 Å².